The van der Waals surface area contributed by atoms with Crippen LogP contribution in [-0.4, -0.2) is 54.8 Å². The number of anilines is 1. The summed E-state index contributed by atoms with van der Waals surface area (Å²) < 4.78 is 43.5. The number of carbonyl (C=O) groups excluding carboxylic acids is 1. The Morgan fingerprint density at radius 3 is 2.30 bits per heavy atom. The van der Waals surface area contributed by atoms with E-state index in [1.165, 1.54) is 33.5 Å². The molecule has 2 aromatic rings. The molecule has 0 aromatic heterocycles. The van der Waals surface area contributed by atoms with Gasteiger partial charge < -0.3 is 19.5 Å². The minimum atomic E-state index is -4.05. The molecule has 30 heavy (non-hydrogen) atoms. The fourth-order valence-corrected chi connectivity index (χ4v) is 4.30. The molecule has 1 N–H and O–H groups in total. The summed E-state index contributed by atoms with van der Waals surface area (Å²) in [6.07, 6.45) is 0. The van der Waals surface area contributed by atoms with Gasteiger partial charge >= 0.3 is 0 Å². The van der Waals surface area contributed by atoms with Crippen LogP contribution in [0.5, 0.6) is 11.5 Å². The van der Waals surface area contributed by atoms with Crippen molar-refractivity contribution in [1.82, 2.24) is 5.32 Å². The number of benzene rings is 2. The zero-order valence-electron chi connectivity index (χ0n) is 17.8. The van der Waals surface area contributed by atoms with Crippen molar-refractivity contribution in [2.24, 2.45) is 0 Å². The summed E-state index contributed by atoms with van der Waals surface area (Å²) >= 11 is 0. The average molecular weight is 437 g/mol. The van der Waals surface area contributed by atoms with Crippen LogP contribution in [0.25, 0.3) is 0 Å². The molecule has 0 aliphatic heterocycles. The lowest BCUT2D eigenvalue weighted by molar-refractivity contribution is -0.120. The first-order valence-electron chi connectivity index (χ1n) is 9.32. The van der Waals surface area contributed by atoms with Crippen molar-refractivity contribution in [3.8, 4) is 11.5 Å². The van der Waals surface area contributed by atoms with Crippen LogP contribution < -0.4 is 19.1 Å². The highest BCUT2D eigenvalue weighted by atomic mass is 32.2. The van der Waals surface area contributed by atoms with Crippen LogP contribution in [0.15, 0.2) is 47.4 Å². The van der Waals surface area contributed by atoms with Crippen LogP contribution >= 0.6 is 0 Å². The topological polar surface area (TPSA) is 94.2 Å². The normalized spacial score (nSPS) is 12.2. The van der Waals surface area contributed by atoms with Gasteiger partial charge in [-0.15, -0.1) is 0 Å². The minimum absolute atomic E-state index is 0.0729. The zero-order valence-corrected chi connectivity index (χ0v) is 18.7. The molecule has 0 saturated heterocycles. The lowest BCUT2D eigenvalue weighted by atomic mass is 10.2. The molecule has 9 heteroatoms. The molecule has 0 unspecified atom stereocenters. The third-order valence-electron chi connectivity index (χ3n) is 4.38. The minimum Gasteiger partial charge on any atom is -0.497 e. The molecule has 0 heterocycles. The van der Waals surface area contributed by atoms with Gasteiger partial charge in [0.1, 0.15) is 18.0 Å². The largest absolute Gasteiger partial charge is 0.497 e. The maximum Gasteiger partial charge on any atom is 0.264 e. The summed E-state index contributed by atoms with van der Waals surface area (Å²) in [4.78, 5) is 12.7. The van der Waals surface area contributed by atoms with E-state index in [1.807, 2.05) is 6.92 Å². The molecule has 0 aliphatic carbocycles. The highest BCUT2D eigenvalue weighted by Gasteiger charge is 2.30. The van der Waals surface area contributed by atoms with Gasteiger partial charge in [-0.05, 0) is 38.1 Å². The number of nitrogens with one attached hydrogen (secondary N) is 1. The monoisotopic (exact) mass is 436 g/mol. The molecule has 2 aromatic carbocycles. The Kier molecular flexibility index (Phi) is 8.08. The van der Waals surface area contributed by atoms with Crippen LogP contribution in [0.2, 0.25) is 0 Å². The van der Waals surface area contributed by atoms with Crippen molar-refractivity contribution in [2.75, 3.05) is 38.8 Å². The number of sulfonamides is 1. The number of hydrogen-bond acceptors (Lipinski definition) is 6. The number of carbonyl (C=O) groups is 1. The highest BCUT2D eigenvalue weighted by Crippen LogP contribution is 2.35. The van der Waals surface area contributed by atoms with Gasteiger partial charge in [-0.2, -0.15) is 0 Å². The summed E-state index contributed by atoms with van der Waals surface area (Å²) in [5, 5.41) is 2.74. The van der Waals surface area contributed by atoms with Gasteiger partial charge in [0, 0.05) is 19.2 Å². The van der Waals surface area contributed by atoms with Gasteiger partial charge in [-0.25, -0.2) is 8.42 Å². The average Bonchev–Trinajstić information content (AvgIpc) is 2.72. The van der Waals surface area contributed by atoms with Crippen LogP contribution in [-0.2, 0) is 19.6 Å². The van der Waals surface area contributed by atoms with Crippen molar-refractivity contribution < 1.29 is 27.4 Å². The number of hydrogen-bond donors (Lipinski definition) is 1. The molecule has 0 fully saturated rings. The second-order valence-corrected chi connectivity index (χ2v) is 8.65. The van der Waals surface area contributed by atoms with Crippen molar-refractivity contribution in [3.05, 3.63) is 48.0 Å². The lowest BCUT2D eigenvalue weighted by Crippen LogP contribution is -2.44. The molecular formula is C21H28N2O6S. The Bertz CT molecular complexity index is 960. The molecule has 1 atom stereocenters. The predicted molar refractivity (Wildman–Crippen MR) is 115 cm³/mol. The lowest BCUT2D eigenvalue weighted by Gasteiger charge is -2.26. The van der Waals surface area contributed by atoms with Gasteiger partial charge in [0.15, 0.2) is 0 Å². The number of ether oxygens (including phenoxy) is 3. The summed E-state index contributed by atoms with van der Waals surface area (Å²) in [6.45, 7) is 3.52. The van der Waals surface area contributed by atoms with Crippen molar-refractivity contribution in [2.45, 2.75) is 24.8 Å². The molecule has 8 nitrogen and oxygen atoms in total. The Morgan fingerprint density at radius 1 is 1.07 bits per heavy atom. The van der Waals surface area contributed by atoms with E-state index in [-0.39, 0.29) is 22.4 Å². The standard InChI is InChI=1S/C21H28N2O6S/c1-15-6-9-18(10-7-15)30(25,26)23(13-21(24)22-16(2)14-27-3)19-11-8-17(28-4)12-20(19)29-5/h6-12,16H,13-14H2,1-5H3,(H,22,24)/t16-/m0/s1. The van der Waals surface area contributed by atoms with Crippen molar-refractivity contribution >= 4 is 21.6 Å². The van der Waals surface area contributed by atoms with Gasteiger partial charge in [-0.1, -0.05) is 17.7 Å². The smallest absolute Gasteiger partial charge is 0.264 e. The second-order valence-electron chi connectivity index (χ2n) is 6.79. The van der Waals surface area contributed by atoms with E-state index in [0.29, 0.717) is 12.4 Å². The number of aryl methyl sites for hydroxylation is 1. The van der Waals surface area contributed by atoms with E-state index >= 15 is 0 Å². The van der Waals surface area contributed by atoms with E-state index in [0.717, 1.165) is 9.87 Å². The van der Waals surface area contributed by atoms with E-state index in [2.05, 4.69) is 5.32 Å². The molecule has 0 aliphatic rings. The summed E-state index contributed by atoms with van der Waals surface area (Å²) in [5.74, 6) is 0.303. The fourth-order valence-electron chi connectivity index (χ4n) is 2.87. The molecule has 2 rings (SSSR count). The number of methoxy groups -OCH3 is 3. The first-order valence-corrected chi connectivity index (χ1v) is 10.8. The quantitative estimate of drug-likeness (QED) is 0.615. The van der Waals surface area contributed by atoms with Crippen LogP contribution in [0.4, 0.5) is 5.69 Å². The Balaban J connectivity index is 2.50. The van der Waals surface area contributed by atoms with Crippen LogP contribution in [0.1, 0.15) is 12.5 Å². The van der Waals surface area contributed by atoms with Crippen molar-refractivity contribution in [1.29, 1.82) is 0 Å². The molecular weight excluding hydrogens is 408 g/mol. The molecule has 1 amide bonds. The zero-order chi connectivity index (χ0) is 22.3. The molecule has 0 radical (unpaired) electrons. The number of rotatable bonds is 10. The fraction of sp³-hybridized carbons (Fsp3) is 0.381. The van der Waals surface area contributed by atoms with E-state index < -0.39 is 22.5 Å². The predicted octanol–water partition coefficient (Wildman–Crippen LogP) is 2.36. The molecule has 0 bridgehead atoms. The maximum atomic E-state index is 13.4. The summed E-state index contributed by atoms with van der Waals surface area (Å²) in [5.41, 5.74) is 1.15. The molecule has 0 spiro atoms. The summed E-state index contributed by atoms with van der Waals surface area (Å²) in [7, 11) is 0.407. The van der Waals surface area contributed by atoms with Gasteiger partial charge in [-0.3, -0.25) is 9.10 Å². The van der Waals surface area contributed by atoms with E-state index in [1.54, 1.807) is 37.3 Å². The summed E-state index contributed by atoms with van der Waals surface area (Å²) in [6, 6.07) is 10.9. The van der Waals surface area contributed by atoms with Crippen LogP contribution in [0.3, 0.4) is 0 Å². The van der Waals surface area contributed by atoms with E-state index in [9.17, 15) is 13.2 Å². The van der Waals surface area contributed by atoms with Gasteiger partial charge in [0.05, 0.1) is 31.4 Å². The Hall–Kier alpha value is -2.78. The van der Waals surface area contributed by atoms with Crippen molar-refractivity contribution in [3.63, 3.8) is 0 Å². The van der Waals surface area contributed by atoms with E-state index in [4.69, 9.17) is 14.2 Å². The Morgan fingerprint density at radius 2 is 1.73 bits per heavy atom. The van der Waals surface area contributed by atoms with Gasteiger partial charge in [0.25, 0.3) is 10.0 Å². The van der Waals surface area contributed by atoms with Gasteiger partial charge in [0.2, 0.25) is 5.91 Å². The number of nitrogens with zero attached hydrogens (tertiary/aromatic N) is 1. The number of amides is 1. The first kappa shape index (κ1) is 23.5. The highest BCUT2D eigenvalue weighted by molar-refractivity contribution is 7.92. The van der Waals surface area contributed by atoms with Crippen LogP contribution in [0, 0.1) is 6.92 Å². The second kappa shape index (κ2) is 10.3. The molecule has 0 saturated carbocycles. The Labute approximate surface area is 177 Å². The maximum absolute atomic E-state index is 13.4. The third kappa shape index (κ3) is 5.64. The molecule has 164 valence electrons. The SMILES string of the molecule is COC[C@H](C)NC(=O)CN(c1ccc(OC)cc1OC)S(=O)(=O)c1ccc(C)cc1. The third-order valence-corrected chi connectivity index (χ3v) is 6.15. The first-order chi connectivity index (χ1) is 14.2.